The monoisotopic (exact) mass is 563 g/mol. The summed E-state index contributed by atoms with van der Waals surface area (Å²) in [5, 5.41) is 8.33. The molecule has 41 heavy (non-hydrogen) atoms. The maximum atomic E-state index is 13.8. The number of halogens is 1. The van der Waals surface area contributed by atoms with Gasteiger partial charge in [-0.3, -0.25) is 9.89 Å². The van der Waals surface area contributed by atoms with Crippen LogP contribution in [0.15, 0.2) is 91.0 Å². The zero-order valence-corrected chi connectivity index (χ0v) is 23.0. The van der Waals surface area contributed by atoms with Crippen LogP contribution in [0, 0.1) is 6.92 Å². The highest BCUT2D eigenvalue weighted by molar-refractivity contribution is 6.30. The Balaban J connectivity index is 1.23. The summed E-state index contributed by atoms with van der Waals surface area (Å²) >= 11 is 6.00. The van der Waals surface area contributed by atoms with Crippen molar-refractivity contribution in [3.8, 4) is 28.5 Å². The first kappa shape index (κ1) is 25.2. The Morgan fingerprint density at radius 3 is 2.44 bits per heavy atom. The maximum absolute atomic E-state index is 13.8. The number of aromatic nitrogens is 2. The van der Waals surface area contributed by atoms with Gasteiger partial charge in [0, 0.05) is 22.7 Å². The van der Waals surface area contributed by atoms with Gasteiger partial charge >= 0.3 is 0 Å². The smallest absolute Gasteiger partial charge is 0.273 e. The van der Waals surface area contributed by atoms with E-state index in [0.717, 1.165) is 44.8 Å². The number of hydrogen-bond donors (Lipinski definition) is 1. The van der Waals surface area contributed by atoms with Crippen molar-refractivity contribution in [1.82, 2.24) is 15.1 Å². The molecule has 0 spiro atoms. The Bertz CT molecular complexity index is 1730. The molecular weight excluding hydrogens is 538 g/mol. The molecule has 8 heteroatoms. The molecule has 0 saturated heterocycles. The lowest BCUT2D eigenvalue weighted by Gasteiger charge is -2.27. The van der Waals surface area contributed by atoms with E-state index in [2.05, 4.69) is 29.3 Å². The van der Waals surface area contributed by atoms with Gasteiger partial charge in [-0.2, -0.15) is 5.10 Å². The van der Waals surface area contributed by atoms with Gasteiger partial charge in [-0.05, 0) is 60.0 Å². The summed E-state index contributed by atoms with van der Waals surface area (Å²) in [6.45, 7) is 3.07. The van der Waals surface area contributed by atoms with Crippen LogP contribution in [0.2, 0.25) is 5.02 Å². The van der Waals surface area contributed by atoms with E-state index in [0.29, 0.717) is 35.4 Å². The minimum Gasteiger partial charge on any atom is -0.489 e. The van der Waals surface area contributed by atoms with Gasteiger partial charge in [0.05, 0.1) is 11.7 Å². The van der Waals surface area contributed by atoms with Crippen LogP contribution in [-0.4, -0.2) is 27.8 Å². The number of benzene rings is 4. The molecular formula is C33H26ClN3O4. The minimum absolute atomic E-state index is 0.100. The number of hydrogen-bond acceptors (Lipinski definition) is 5. The number of carbonyl (C=O) groups excluding carboxylic acids is 1. The highest BCUT2D eigenvalue weighted by atomic mass is 35.5. The lowest BCUT2D eigenvalue weighted by molar-refractivity contribution is 0.0730. The van der Waals surface area contributed by atoms with E-state index in [4.69, 9.17) is 25.8 Å². The summed E-state index contributed by atoms with van der Waals surface area (Å²) in [4.78, 5) is 15.7. The fourth-order valence-electron chi connectivity index (χ4n) is 5.37. The minimum atomic E-state index is -0.344. The van der Waals surface area contributed by atoms with E-state index in [1.165, 1.54) is 0 Å². The number of nitrogens with zero attached hydrogens (tertiary/aromatic N) is 2. The molecule has 2 aliphatic heterocycles. The van der Waals surface area contributed by atoms with E-state index in [-0.39, 0.29) is 18.7 Å². The first-order chi connectivity index (χ1) is 20.0. The molecule has 0 fully saturated rings. The first-order valence-electron chi connectivity index (χ1n) is 13.4. The van der Waals surface area contributed by atoms with Crippen molar-refractivity contribution in [1.29, 1.82) is 0 Å². The maximum Gasteiger partial charge on any atom is 0.273 e. The average molecular weight is 564 g/mol. The molecule has 4 aromatic carbocycles. The SMILES string of the molecule is Cc1ccc(-c2n[nH]c3c2C(c2ccc(OCc4ccc(Cl)cc4)cc2)N(Cc2ccc4c(c2)OCO4)C3=O)cc1. The topological polar surface area (TPSA) is 76.7 Å². The van der Waals surface area contributed by atoms with E-state index < -0.39 is 0 Å². The van der Waals surface area contributed by atoms with Crippen molar-refractivity contribution < 1.29 is 19.0 Å². The zero-order chi connectivity index (χ0) is 27.9. The van der Waals surface area contributed by atoms with E-state index in [1.807, 2.05) is 83.8 Å². The third kappa shape index (κ3) is 4.78. The molecule has 7 nitrogen and oxygen atoms in total. The van der Waals surface area contributed by atoms with Gasteiger partial charge in [-0.25, -0.2) is 0 Å². The lowest BCUT2D eigenvalue weighted by Crippen LogP contribution is -2.29. The molecule has 3 heterocycles. The van der Waals surface area contributed by atoms with Gasteiger partial charge in [0.1, 0.15) is 18.1 Å². The molecule has 1 aromatic heterocycles. The highest BCUT2D eigenvalue weighted by Gasteiger charge is 2.42. The molecule has 0 saturated carbocycles. The first-order valence-corrected chi connectivity index (χ1v) is 13.7. The van der Waals surface area contributed by atoms with Crippen molar-refractivity contribution in [2.75, 3.05) is 6.79 Å². The summed E-state index contributed by atoms with van der Waals surface area (Å²) in [7, 11) is 0. The molecule has 5 aromatic rings. The third-order valence-corrected chi connectivity index (χ3v) is 7.75. The van der Waals surface area contributed by atoms with Gasteiger partial charge in [-0.15, -0.1) is 0 Å². The molecule has 1 amide bonds. The predicted octanol–water partition coefficient (Wildman–Crippen LogP) is 7.09. The van der Waals surface area contributed by atoms with Crippen LogP contribution in [0.3, 0.4) is 0 Å². The van der Waals surface area contributed by atoms with Gasteiger partial charge in [0.25, 0.3) is 5.91 Å². The van der Waals surface area contributed by atoms with Crippen molar-refractivity contribution in [3.05, 3.63) is 130 Å². The van der Waals surface area contributed by atoms with E-state index >= 15 is 0 Å². The Labute approximate surface area is 242 Å². The fraction of sp³-hybridized carbons (Fsp3) is 0.152. The second kappa shape index (κ2) is 10.3. The average Bonchev–Trinajstić information content (AvgIpc) is 3.70. The van der Waals surface area contributed by atoms with Crippen molar-refractivity contribution in [2.24, 2.45) is 0 Å². The summed E-state index contributed by atoms with van der Waals surface area (Å²) in [5.74, 6) is 2.04. The fourth-order valence-corrected chi connectivity index (χ4v) is 5.49. The van der Waals surface area contributed by atoms with Crippen LogP contribution in [0.25, 0.3) is 11.3 Å². The predicted molar refractivity (Wildman–Crippen MR) is 155 cm³/mol. The summed E-state index contributed by atoms with van der Waals surface area (Å²) in [6.07, 6.45) is 0. The van der Waals surface area contributed by atoms with Crippen molar-refractivity contribution in [3.63, 3.8) is 0 Å². The Hall–Kier alpha value is -4.75. The number of aryl methyl sites for hydroxylation is 1. The van der Waals surface area contributed by atoms with Crippen LogP contribution in [0.1, 0.15) is 44.3 Å². The Morgan fingerprint density at radius 1 is 0.927 bits per heavy atom. The van der Waals surface area contributed by atoms with Gasteiger partial charge in [0.2, 0.25) is 6.79 Å². The quantitative estimate of drug-likeness (QED) is 0.229. The summed E-state index contributed by atoms with van der Waals surface area (Å²) in [5.41, 5.74) is 7.21. The van der Waals surface area contributed by atoms with Crippen molar-refractivity contribution >= 4 is 17.5 Å². The van der Waals surface area contributed by atoms with Gasteiger partial charge < -0.3 is 19.1 Å². The molecule has 1 N–H and O–H groups in total. The van der Waals surface area contributed by atoms with Crippen LogP contribution in [0.4, 0.5) is 0 Å². The van der Waals surface area contributed by atoms with Gasteiger partial charge in [0.15, 0.2) is 11.5 Å². The highest BCUT2D eigenvalue weighted by Crippen LogP contribution is 2.44. The summed E-state index contributed by atoms with van der Waals surface area (Å²) < 4.78 is 17.1. The van der Waals surface area contributed by atoms with Crippen LogP contribution >= 0.6 is 11.6 Å². The molecule has 0 radical (unpaired) electrons. The molecule has 1 atom stereocenters. The molecule has 1 unspecified atom stereocenters. The number of H-pyrrole nitrogens is 1. The standard InChI is InChI=1S/C33H26ClN3O4/c1-20-2-7-23(8-3-20)30-29-31(36-35-30)33(38)37(17-22-6-15-27-28(16-22)41-19-40-27)32(29)24-9-13-26(14-10-24)39-18-21-4-11-25(34)12-5-21/h2-16,32H,17-19H2,1H3,(H,35,36). The number of amides is 1. The van der Waals surface area contributed by atoms with Crippen LogP contribution in [0.5, 0.6) is 17.2 Å². The number of fused-ring (bicyclic) bond motifs is 2. The second-order valence-electron chi connectivity index (χ2n) is 10.2. The second-order valence-corrected chi connectivity index (χ2v) is 10.7. The third-order valence-electron chi connectivity index (χ3n) is 7.49. The summed E-state index contributed by atoms with van der Waals surface area (Å²) in [6, 6.07) is 29.2. The molecule has 2 aliphatic rings. The van der Waals surface area contributed by atoms with Crippen molar-refractivity contribution in [2.45, 2.75) is 26.1 Å². The number of nitrogens with one attached hydrogen (secondary N) is 1. The van der Waals surface area contributed by atoms with Crippen LogP contribution in [-0.2, 0) is 13.2 Å². The van der Waals surface area contributed by atoms with E-state index in [9.17, 15) is 4.79 Å². The lowest BCUT2D eigenvalue weighted by atomic mass is 9.95. The molecule has 0 aliphatic carbocycles. The normalized spacial score (nSPS) is 15.3. The van der Waals surface area contributed by atoms with E-state index in [1.54, 1.807) is 0 Å². The largest absolute Gasteiger partial charge is 0.489 e. The zero-order valence-electron chi connectivity index (χ0n) is 22.3. The number of aromatic amines is 1. The molecule has 204 valence electrons. The number of ether oxygens (including phenoxy) is 3. The number of carbonyl (C=O) groups is 1. The molecule has 7 rings (SSSR count). The van der Waals surface area contributed by atoms with Gasteiger partial charge in [-0.1, -0.05) is 71.8 Å². The number of rotatable bonds is 7. The molecule has 0 bridgehead atoms. The van der Waals surface area contributed by atoms with Crippen LogP contribution < -0.4 is 14.2 Å². The Kier molecular flexibility index (Phi) is 6.36. The Morgan fingerprint density at radius 2 is 1.66 bits per heavy atom.